The Balaban J connectivity index is 1.79. The van der Waals surface area contributed by atoms with Gasteiger partial charge in [0.15, 0.2) is 11.6 Å². The lowest BCUT2D eigenvalue weighted by atomic mass is 10.1. The molecule has 22 heavy (non-hydrogen) atoms. The first-order chi connectivity index (χ1) is 10.7. The van der Waals surface area contributed by atoms with Crippen LogP contribution >= 0.6 is 0 Å². The number of halogens is 1. The fourth-order valence-corrected chi connectivity index (χ4v) is 2.14. The van der Waals surface area contributed by atoms with Crippen molar-refractivity contribution in [2.24, 2.45) is 5.92 Å². The van der Waals surface area contributed by atoms with E-state index in [4.69, 9.17) is 4.74 Å². The lowest BCUT2D eigenvalue weighted by Crippen LogP contribution is -2.34. The molecule has 4 heteroatoms. The molecule has 0 spiro atoms. The summed E-state index contributed by atoms with van der Waals surface area (Å²) in [7, 11) is 0. The van der Waals surface area contributed by atoms with E-state index in [1.165, 1.54) is 18.9 Å². The molecule has 1 aliphatic carbocycles. The second-order valence-corrected chi connectivity index (χ2v) is 5.91. The highest BCUT2D eigenvalue weighted by Gasteiger charge is 2.22. The van der Waals surface area contributed by atoms with Crippen molar-refractivity contribution in [1.82, 2.24) is 10.9 Å². The zero-order valence-electron chi connectivity index (χ0n) is 13.6. The van der Waals surface area contributed by atoms with Crippen LogP contribution in [0.4, 0.5) is 4.39 Å². The summed E-state index contributed by atoms with van der Waals surface area (Å²) in [6.45, 7) is 5.67. The van der Waals surface area contributed by atoms with E-state index in [0.29, 0.717) is 18.3 Å². The van der Waals surface area contributed by atoms with Gasteiger partial charge in [-0.25, -0.2) is 4.39 Å². The van der Waals surface area contributed by atoms with E-state index in [9.17, 15) is 4.39 Å². The van der Waals surface area contributed by atoms with E-state index < -0.39 is 0 Å². The Hall–Kier alpha value is -1.39. The Morgan fingerprint density at radius 1 is 1.36 bits per heavy atom. The number of hydrogen-bond donors (Lipinski definition) is 2. The van der Waals surface area contributed by atoms with Gasteiger partial charge < -0.3 is 4.74 Å². The summed E-state index contributed by atoms with van der Waals surface area (Å²) in [5.41, 5.74) is 7.46. The van der Waals surface area contributed by atoms with Crippen LogP contribution in [0.25, 0.3) is 0 Å². The highest BCUT2D eigenvalue weighted by atomic mass is 19.1. The molecular formula is C18H27FN2O. The topological polar surface area (TPSA) is 33.3 Å². The number of nitrogens with one attached hydrogen (secondary N) is 2. The number of allylic oxidation sites excluding steroid dienone is 1. The summed E-state index contributed by atoms with van der Waals surface area (Å²) in [5.74, 6) is 0.703. The number of ether oxygens (including phenoxy) is 1. The number of hydrazine groups is 1. The highest BCUT2D eigenvalue weighted by Crippen LogP contribution is 2.30. The number of rotatable bonds is 10. The predicted octanol–water partition coefficient (Wildman–Crippen LogP) is 4.13. The van der Waals surface area contributed by atoms with E-state index in [1.807, 2.05) is 6.92 Å². The molecular weight excluding hydrogens is 279 g/mol. The Bertz CT molecular complexity index is 486. The van der Waals surface area contributed by atoms with E-state index in [-0.39, 0.29) is 11.9 Å². The van der Waals surface area contributed by atoms with E-state index in [0.717, 1.165) is 24.9 Å². The molecule has 0 aliphatic heterocycles. The van der Waals surface area contributed by atoms with Crippen molar-refractivity contribution in [3.8, 4) is 5.75 Å². The second kappa shape index (κ2) is 8.91. The molecule has 122 valence electrons. The lowest BCUT2D eigenvalue weighted by molar-refractivity contribution is 0.284. The molecule has 1 atom stereocenters. The van der Waals surface area contributed by atoms with Gasteiger partial charge in [0.25, 0.3) is 0 Å². The molecule has 2 N–H and O–H groups in total. The molecule has 1 aliphatic rings. The van der Waals surface area contributed by atoms with Crippen molar-refractivity contribution >= 4 is 0 Å². The largest absolute Gasteiger partial charge is 0.490 e. The Kier molecular flexibility index (Phi) is 6.87. The summed E-state index contributed by atoms with van der Waals surface area (Å²) in [6, 6.07) is 5.18. The van der Waals surface area contributed by atoms with Crippen LogP contribution in [0, 0.1) is 11.7 Å². The van der Waals surface area contributed by atoms with Gasteiger partial charge in [-0.15, -0.1) is 0 Å². The van der Waals surface area contributed by atoms with Crippen LogP contribution in [0.1, 0.15) is 51.1 Å². The maximum absolute atomic E-state index is 13.8. The molecule has 1 aromatic carbocycles. The number of hydrogen-bond acceptors (Lipinski definition) is 3. The smallest absolute Gasteiger partial charge is 0.165 e. The molecule has 0 aromatic heterocycles. The van der Waals surface area contributed by atoms with Crippen molar-refractivity contribution in [3.05, 3.63) is 41.7 Å². The van der Waals surface area contributed by atoms with Gasteiger partial charge in [-0.3, -0.25) is 10.9 Å². The molecule has 0 saturated heterocycles. The van der Waals surface area contributed by atoms with Gasteiger partial charge in [-0.1, -0.05) is 25.1 Å². The minimum atomic E-state index is -0.283. The summed E-state index contributed by atoms with van der Waals surface area (Å²) in [4.78, 5) is 0. The summed E-state index contributed by atoms with van der Waals surface area (Å²) in [6.07, 6.45) is 8.80. The van der Waals surface area contributed by atoms with Crippen molar-refractivity contribution < 1.29 is 9.13 Å². The van der Waals surface area contributed by atoms with Crippen LogP contribution in [0.15, 0.2) is 30.4 Å². The predicted molar refractivity (Wildman–Crippen MR) is 88.2 cm³/mol. The fraction of sp³-hybridized carbons (Fsp3) is 0.556. The molecule has 1 unspecified atom stereocenters. The van der Waals surface area contributed by atoms with Gasteiger partial charge in [0.05, 0.1) is 6.61 Å². The molecule has 1 fully saturated rings. The Morgan fingerprint density at radius 3 is 2.91 bits per heavy atom. The third-order valence-corrected chi connectivity index (χ3v) is 3.78. The van der Waals surface area contributed by atoms with Crippen LogP contribution in [-0.2, 0) is 0 Å². The first-order valence-electron chi connectivity index (χ1n) is 8.26. The van der Waals surface area contributed by atoms with Crippen molar-refractivity contribution in [3.63, 3.8) is 0 Å². The quantitative estimate of drug-likeness (QED) is 0.387. The molecule has 2 rings (SSSR count). The van der Waals surface area contributed by atoms with Gasteiger partial charge in [-0.05, 0) is 56.2 Å². The van der Waals surface area contributed by atoms with Gasteiger partial charge >= 0.3 is 0 Å². The first kappa shape index (κ1) is 17.0. The maximum Gasteiger partial charge on any atom is 0.165 e. The van der Waals surface area contributed by atoms with Gasteiger partial charge in [0.1, 0.15) is 0 Å². The van der Waals surface area contributed by atoms with Crippen molar-refractivity contribution in [1.29, 1.82) is 0 Å². The first-order valence-corrected chi connectivity index (χ1v) is 8.26. The molecule has 0 bridgehead atoms. The lowest BCUT2D eigenvalue weighted by Gasteiger charge is -2.16. The monoisotopic (exact) mass is 306 g/mol. The summed E-state index contributed by atoms with van der Waals surface area (Å²) >= 11 is 0. The molecule has 1 saturated carbocycles. The minimum absolute atomic E-state index is 0.0963. The van der Waals surface area contributed by atoms with Crippen molar-refractivity contribution in [2.45, 2.75) is 45.6 Å². The fourth-order valence-electron chi connectivity index (χ4n) is 2.14. The molecule has 3 nitrogen and oxygen atoms in total. The van der Waals surface area contributed by atoms with Crippen LogP contribution < -0.4 is 15.6 Å². The van der Waals surface area contributed by atoms with Gasteiger partial charge in [0.2, 0.25) is 0 Å². The highest BCUT2D eigenvalue weighted by molar-refractivity contribution is 5.32. The van der Waals surface area contributed by atoms with E-state index in [2.05, 4.69) is 29.9 Å². The van der Waals surface area contributed by atoms with Crippen LogP contribution in [0.2, 0.25) is 0 Å². The normalized spacial score (nSPS) is 16.1. The van der Waals surface area contributed by atoms with Crippen LogP contribution in [0.5, 0.6) is 5.75 Å². The molecule has 0 amide bonds. The minimum Gasteiger partial charge on any atom is -0.490 e. The molecule has 0 radical (unpaired) electrons. The number of benzene rings is 1. The van der Waals surface area contributed by atoms with Gasteiger partial charge in [0, 0.05) is 12.6 Å². The Labute approximate surface area is 132 Å². The third kappa shape index (κ3) is 5.78. The molecule has 0 heterocycles. The van der Waals surface area contributed by atoms with Gasteiger partial charge in [-0.2, -0.15) is 0 Å². The zero-order chi connectivity index (χ0) is 15.8. The summed E-state index contributed by atoms with van der Waals surface area (Å²) < 4.78 is 19.3. The van der Waals surface area contributed by atoms with Crippen molar-refractivity contribution in [2.75, 3.05) is 13.2 Å². The van der Waals surface area contributed by atoms with Crippen LogP contribution in [-0.4, -0.2) is 13.2 Å². The molecule has 1 aromatic rings. The standard InChI is InChI=1S/C18H27FN2O/c1-3-4-5-6-11-20-21-14(2)16-9-10-17(19)18(12-16)22-13-15-7-8-15/h4-5,9-10,12,14-15,20-21H,3,6-8,11,13H2,1-2H3/b5-4+. The SMILES string of the molecule is CC/C=C/CCNNC(C)c1ccc(F)c(OCC2CC2)c1. The second-order valence-electron chi connectivity index (χ2n) is 5.91. The Morgan fingerprint density at radius 2 is 2.18 bits per heavy atom. The summed E-state index contributed by atoms with van der Waals surface area (Å²) in [5, 5.41) is 0. The third-order valence-electron chi connectivity index (χ3n) is 3.78. The average molecular weight is 306 g/mol. The van der Waals surface area contributed by atoms with E-state index in [1.54, 1.807) is 12.1 Å². The van der Waals surface area contributed by atoms with Crippen LogP contribution in [0.3, 0.4) is 0 Å². The average Bonchev–Trinajstić information content (AvgIpc) is 3.34. The van der Waals surface area contributed by atoms with E-state index >= 15 is 0 Å². The maximum atomic E-state index is 13.8. The zero-order valence-corrected chi connectivity index (χ0v) is 13.6.